The predicted molar refractivity (Wildman–Crippen MR) is 76.1 cm³/mol. The molecule has 7 nitrogen and oxygen atoms in total. The Kier molecular flexibility index (Phi) is 5.38. The highest BCUT2D eigenvalue weighted by molar-refractivity contribution is 5.89. The number of carbonyl (C=O) groups excluding carboxylic acids is 2. The van der Waals surface area contributed by atoms with Crippen LogP contribution in [0.4, 0.5) is 0 Å². The Bertz CT molecular complexity index is 501. The van der Waals surface area contributed by atoms with Gasteiger partial charge in [0.1, 0.15) is 6.10 Å². The molecule has 3 atom stereocenters. The number of hydrogen-bond acceptors (Lipinski definition) is 5. The number of azide groups is 1. The Balaban J connectivity index is 3.01. The maximum Gasteiger partial charge on any atom is 0.333 e. The van der Waals surface area contributed by atoms with Gasteiger partial charge in [-0.15, -0.1) is 0 Å². The third-order valence-electron chi connectivity index (χ3n) is 3.42. The van der Waals surface area contributed by atoms with E-state index < -0.39 is 23.5 Å². The molecule has 0 bridgehead atoms. The van der Waals surface area contributed by atoms with Crippen LogP contribution < -0.4 is 0 Å². The van der Waals surface area contributed by atoms with Crippen LogP contribution in [0.25, 0.3) is 10.4 Å². The second kappa shape index (κ2) is 6.63. The molecular formula is C14H21N3O4. The molecule has 21 heavy (non-hydrogen) atoms. The first kappa shape index (κ1) is 17.0. The summed E-state index contributed by atoms with van der Waals surface area (Å²) in [5.41, 5.74) is 8.34. The van der Waals surface area contributed by atoms with E-state index in [9.17, 15) is 9.59 Å². The number of methoxy groups -OCH3 is 1. The summed E-state index contributed by atoms with van der Waals surface area (Å²) in [7, 11) is 1.28. The lowest BCUT2D eigenvalue weighted by Crippen LogP contribution is -2.39. The van der Waals surface area contributed by atoms with Crippen LogP contribution >= 0.6 is 0 Å². The second-order valence-electron chi connectivity index (χ2n) is 6.14. The number of ether oxygens (including phenoxy) is 2. The van der Waals surface area contributed by atoms with Crippen LogP contribution in [0, 0.1) is 11.3 Å². The molecule has 0 amide bonds. The van der Waals surface area contributed by atoms with E-state index in [1.54, 1.807) is 26.8 Å². The zero-order valence-electron chi connectivity index (χ0n) is 13.0. The van der Waals surface area contributed by atoms with E-state index in [1.807, 2.05) is 6.92 Å². The predicted octanol–water partition coefficient (Wildman–Crippen LogP) is 2.76. The first-order chi connectivity index (χ1) is 9.70. The lowest BCUT2D eigenvalue weighted by atomic mass is 9.84. The highest BCUT2D eigenvalue weighted by atomic mass is 16.5. The summed E-state index contributed by atoms with van der Waals surface area (Å²) in [6.45, 7) is 7.09. The minimum atomic E-state index is -0.639. The third-order valence-corrected chi connectivity index (χ3v) is 3.42. The van der Waals surface area contributed by atoms with Crippen LogP contribution in [0.2, 0.25) is 0 Å². The van der Waals surface area contributed by atoms with Crippen LogP contribution in [0.15, 0.2) is 16.8 Å². The van der Waals surface area contributed by atoms with Gasteiger partial charge in [-0.1, -0.05) is 18.1 Å². The van der Waals surface area contributed by atoms with Crippen molar-refractivity contribution in [2.45, 2.75) is 46.3 Å². The number of rotatable bonds is 3. The van der Waals surface area contributed by atoms with E-state index in [2.05, 4.69) is 14.8 Å². The topological polar surface area (TPSA) is 101 Å². The zero-order valence-corrected chi connectivity index (χ0v) is 13.0. The van der Waals surface area contributed by atoms with Gasteiger partial charge < -0.3 is 9.47 Å². The highest BCUT2D eigenvalue weighted by Gasteiger charge is 2.36. The molecule has 1 aliphatic carbocycles. The fourth-order valence-corrected chi connectivity index (χ4v) is 1.99. The maximum atomic E-state index is 12.0. The van der Waals surface area contributed by atoms with Crippen molar-refractivity contribution >= 4 is 11.9 Å². The van der Waals surface area contributed by atoms with E-state index >= 15 is 0 Å². The molecule has 0 fully saturated rings. The summed E-state index contributed by atoms with van der Waals surface area (Å²) in [5, 5.41) is 3.66. The minimum absolute atomic E-state index is 0.208. The molecule has 0 N–H and O–H groups in total. The average Bonchev–Trinajstić information content (AvgIpc) is 2.41. The Labute approximate surface area is 123 Å². The average molecular weight is 295 g/mol. The summed E-state index contributed by atoms with van der Waals surface area (Å²) in [6.07, 6.45) is 1.32. The summed E-state index contributed by atoms with van der Waals surface area (Å²) >= 11 is 0. The van der Waals surface area contributed by atoms with E-state index in [0.717, 1.165) is 0 Å². The van der Waals surface area contributed by atoms with Crippen molar-refractivity contribution in [1.29, 1.82) is 0 Å². The van der Waals surface area contributed by atoms with Crippen LogP contribution in [0.5, 0.6) is 0 Å². The van der Waals surface area contributed by atoms with Gasteiger partial charge in [0.25, 0.3) is 0 Å². The van der Waals surface area contributed by atoms with Gasteiger partial charge in [0.2, 0.25) is 0 Å². The maximum absolute atomic E-state index is 12.0. The van der Waals surface area contributed by atoms with E-state index in [0.29, 0.717) is 5.57 Å². The highest BCUT2D eigenvalue weighted by Crippen LogP contribution is 2.31. The number of carbonyl (C=O) groups is 2. The van der Waals surface area contributed by atoms with Crippen LogP contribution in [-0.2, 0) is 19.1 Å². The largest absolute Gasteiger partial charge is 0.466 e. The summed E-state index contributed by atoms with van der Waals surface area (Å²) < 4.78 is 10.2. The Morgan fingerprint density at radius 3 is 2.52 bits per heavy atom. The second-order valence-corrected chi connectivity index (χ2v) is 6.14. The Morgan fingerprint density at radius 1 is 1.43 bits per heavy atom. The molecule has 1 rings (SSSR count). The van der Waals surface area contributed by atoms with E-state index in [-0.39, 0.29) is 18.3 Å². The fourth-order valence-electron chi connectivity index (χ4n) is 1.99. The number of esters is 2. The minimum Gasteiger partial charge on any atom is -0.466 e. The summed E-state index contributed by atoms with van der Waals surface area (Å²) in [5.74, 6) is -1.07. The summed E-state index contributed by atoms with van der Waals surface area (Å²) in [6, 6.07) is -0.546. The van der Waals surface area contributed by atoms with Crippen LogP contribution in [0.3, 0.4) is 0 Å². The molecule has 0 aromatic carbocycles. The molecule has 0 radical (unpaired) electrons. The molecule has 0 aliphatic heterocycles. The molecule has 0 spiro atoms. The molecule has 116 valence electrons. The number of nitrogens with zero attached hydrogens (tertiary/aromatic N) is 3. The van der Waals surface area contributed by atoms with Gasteiger partial charge in [-0.3, -0.25) is 4.79 Å². The van der Waals surface area contributed by atoms with Crippen molar-refractivity contribution in [2.75, 3.05) is 7.11 Å². The Morgan fingerprint density at radius 2 is 2.05 bits per heavy atom. The van der Waals surface area contributed by atoms with Gasteiger partial charge >= 0.3 is 11.9 Å². The molecule has 1 aliphatic rings. The van der Waals surface area contributed by atoms with Gasteiger partial charge in [0.05, 0.1) is 18.6 Å². The van der Waals surface area contributed by atoms with Crippen molar-refractivity contribution in [1.82, 2.24) is 0 Å². The first-order valence-electron chi connectivity index (χ1n) is 6.75. The monoisotopic (exact) mass is 295 g/mol. The fraction of sp³-hybridized carbons (Fsp3) is 0.714. The molecule has 1 unspecified atom stereocenters. The standard InChI is InChI=1S/C14H21N3O4/c1-8-10(16-17-15)6-9(12(18)20-5)7-11(8)21-13(19)14(2,3)4/h6,8,10-11H,7H2,1-5H3/t8-,10?,11+/m0/s1. The quantitative estimate of drug-likeness (QED) is 0.345. The normalized spacial score (nSPS) is 25.4. The van der Waals surface area contributed by atoms with Crippen molar-refractivity contribution in [2.24, 2.45) is 16.4 Å². The molecular weight excluding hydrogens is 274 g/mol. The van der Waals surface area contributed by atoms with Crippen molar-refractivity contribution < 1.29 is 19.1 Å². The first-order valence-corrected chi connectivity index (χ1v) is 6.75. The van der Waals surface area contributed by atoms with E-state index in [1.165, 1.54) is 7.11 Å². The number of hydrogen-bond donors (Lipinski definition) is 0. The van der Waals surface area contributed by atoms with Gasteiger partial charge in [0, 0.05) is 22.8 Å². The van der Waals surface area contributed by atoms with Gasteiger partial charge in [-0.25, -0.2) is 4.79 Å². The molecule has 7 heteroatoms. The Hall–Kier alpha value is -2.01. The molecule has 0 heterocycles. The lowest BCUT2D eigenvalue weighted by Gasteiger charge is -2.33. The van der Waals surface area contributed by atoms with Gasteiger partial charge in [-0.05, 0) is 26.3 Å². The molecule has 0 aromatic rings. The smallest absolute Gasteiger partial charge is 0.333 e. The summed E-state index contributed by atoms with van der Waals surface area (Å²) in [4.78, 5) is 26.5. The van der Waals surface area contributed by atoms with E-state index in [4.69, 9.17) is 10.3 Å². The van der Waals surface area contributed by atoms with Gasteiger partial charge in [0.15, 0.2) is 0 Å². The lowest BCUT2D eigenvalue weighted by molar-refractivity contribution is -0.162. The SMILES string of the molecule is COC(=O)C1=CC(N=[N+]=[N-])[C@H](C)[C@H](OC(=O)C(C)(C)C)C1. The molecule has 0 saturated carbocycles. The van der Waals surface area contributed by atoms with Crippen molar-refractivity contribution in [3.63, 3.8) is 0 Å². The van der Waals surface area contributed by atoms with Gasteiger partial charge in [-0.2, -0.15) is 0 Å². The zero-order chi connectivity index (χ0) is 16.2. The molecule has 0 aromatic heterocycles. The van der Waals surface area contributed by atoms with Crippen LogP contribution in [0.1, 0.15) is 34.1 Å². The van der Waals surface area contributed by atoms with Crippen molar-refractivity contribution in [3.05, 3.63) is 22.1 Å². The van der Waals surface area contributed by atoms with Crippen LogP contribution in [-0.4, -0.2) is 31.2 Å². The molecule has 0 saturated heterocycles. The van der Waals surface area contributed by atoms with Crippen molar-refractivity contribution in [3.8, 4) is 0 Å². The third kappa shape index (κ3) is 4.23.